The van der Waals surface area contributed by atoms with Gasteiger partial charge in [-0.3, -0.25) is 0 Å². The average molecular weight is 588 g/mol. The molecule has 0 aliphatic heterocycles. The molecule has 3 aromatic carbocycles. The van der Waals surface area contributed by atoms with Gasteiger partial charge in [-0.1, -0.05) is 35.9 Å². The average Bonchev–Trinajstić information content (AvgIpc) is 3.53. The van der Waals surface area contributed by atoms with Crippen molar-refractivity contribution in [2.45, 2.75) is 50.7 Å². The van der Waals surface area contributed by atoms with Crippen molar-refractivity contribution in [1.82, 2.24) is 13.9 Å². The molecule has 9 nitrogen and oxygen atoms in total. The number of aromatic nitrogens is 2. The first kappa shape index (κ1) is 28.9. The molecule has 0 unspecified atom stereocenters. The summed E-state index contributed by atoms with van der Waals surface area (Å²) in [6.45, 7) is 7.15. The standard InChI is InChI=1S/C32H33N3O6S/c1-21-10-13-25(14-11-21)42(38,39)35-17-16-22-18-24(12-15-28(22)35)34-20-23(26-8-6-7-9-29(26)34)19-27(30(36)40-5)33-31(37)41-32(2,3)4/h6-18,20,27H,19H2,1-5H3,(H,33,37)/t27-/m0/s1. The molecule has 0 bridgehead atoms. The fourth-order valence-corrected chi connectivity index (χ4v) is 6.27. The highest BCUT2D eigenvalue weighted by Crippen LogP contribution is 2.29. The number of nitrogens with zero attached hydrogens (tertiary/aromatic N) is 2. The molecule has 0 radical (unpaired) electrons. The molecule has 0 aliphatic rings. The number of nitrogens with one attached hydrogen (secondary N) is 1. The second-order valence-corrected chi connectivity index (χ2v) is 13.0. The quantitative estimate of drug-likeness (QED) is 0.243. The Morgan fingerprint density at radius 2 is 1.67 bits per heavy atom. The van der Waals surface area contributed by atoms with Crippen molar-refractivity contribution in [3.05, 3.63) is 96.3 Å². The van der Waals surface area contributed by atoms with E-state index in [1.54, 1.807) is 63.4 Å². The van der Waals surface area contributed by atoms with E-state index >= 15 is 0 Å². The molecule has 5 aromatic rings. The van der Waals surface area contributed by atoms with Gasteiger partial charge in [0.15, 0.2) is 0 Å². The van der Waals surface area contributed by atoms with Gasteiger partial charge in [-0.2, -0.15) is 0 Å². The maximum atomic E-state index is 13.4. The molecule has 0 fully saturated rings. The van der Waals surface area contributed by atoms with Gasteiger partial charge < -0.3 is 19.4 Å². The van der Waals surface area contributed by atoms with Crippen molar-refractivity contribution in [2.75, 3.05) is 7.11 Å². The topological polar surface area (TPSA) is 109 Å². The Balaban J connectivity index is 1.51. The van der Waals surface area contributed by atoms with Crippen LogP contribution in [0, 0.1) is 6.92 Å². The first-order chi connectivity index (χ1) is 19.9. The lowest BCUT2D eigenvalue weighted by atomic mass is 10.1. The molecule has 10 heteroatoms. The number of carbonyl (C=O) groups is 2. The van der Waals surface area contributed by atoms with Crippen molar-refractivity contribution < 1.29 is 27.5 Å². The number of rotatable bonds is 7. The van der Waals surface area contributed by atoms with Crippen LogP contribution < -0.4 is 5.32 Å². The molecule has 1 amide bonds. The van der Waals surface area contributed by atoms with Gasteiger partial charge >= 0.3 is 12.1 Å². The van der Waals surface area contributed by atoms with Crippen molar-refractivity contribution in [3.8, 4) is 5.69 Å². The predicted octanol–water partition coefficient (Wildman–Crippen LogP) is 5.74. The normalized spacial score (nSPS) is 12.8. The van der Waals surface area contributed by atoms with Gasteiger partial charge in [-0.15, -0.1) is 0 Å². The smallest absolute Gasteiger partial charge is 0.408 e. The lowest BCUT2D eigenvalue weighted by Gasteiger charge is -2.22. The molecule has 2 heterocycles. The van der Waals surface area contributed by atoms with Crippen molar-refractivity contribution >= 4 is 43.9 Å². The van der Waals surface area contributed by atoms with E-state index in [4.69, 9.17) is 9.47 Å². The first-order valence-electron chi connectivity index (χ1n) is 13.5. The number of amides is 1. The highest BCUT2D eigenvalue weighted by atomic mass is 32.2. The van der Waals surface area contributed by atoms with Crippen LogP contribution in [0.25, 0.3) is 27.5 Å². The summed E-state index contributed by atoms with van der Waals surface area (Å²) >= 11 is 0. The van der Waals surface area contributed by atoms with Crippen LogP contribution in [0.15, 0.2) is 90.1 Å². The maximum Gasteiger partial charge on any atom is 0.408 e. The number of esters is 1. The van der Waals surface area contributed by atoms with Crippen LogP contribution in [0.4, 0.5) is 4.79 Å². The number of hydrogen-bond donors (Lipinski definition) is 1. The molecule has 0 saturated carbocycles. The van der Waals surface area contributed by atoms with Crippen molar-refractivity contribution in [3.63, 3.8) is 0 Å². The van der Waals surface area contributed by atoms with Gasteiger partial charge in [-0.05, 0) is 75.7 Å². The molecule has 1 atom stereocenters. The summed E-state index contributed by atoms with van der Waals surface area (Å²) in [6, 6.07) is 20.9. The lowest BCUT2D eigenvalue weighted by Crippen LogP contribution is -2.45. The molecular weight excluding hydrogens is 554 g/mol. The summed E-state index contributed by atoms with van der Waals surface area (Å²) in [7, 11) is -2.50. The van der Waals surface area contributed by atoms with Crippen LogP contribution in [0.1, 0.15) is 31.9 Å². The monoisotopic (exact) mass is 587 g/mol. The Hall–Kier alpha value is -4.57. The van der Waals surface area contributed by atoms with Crippen LogP contribution in [0.2, 0.25) is 0 Å². The van der Waals surface area contributed by atoms with Gasteiger partial charge in [0.05, 0.1) is 23.0 Å². The Kier molecular flexibility index (Phi) is 7.59. The van der Waals surface area contributed by atoms with Gasteiger partial charge in [-0.25, -0.2) is 22.0 Å². The minimum atomic E-state index is -3.77. The number of ether oxygens (including phenoxy) is 2. The Bertz CT molecular complexity index is 1900. The van der Waals surface area contributed by atoms with Crippen LogP contribution in [-0.4, -0.2) is 47.8 Å². The van der Waals surface area contributed by atoms with Crippen molar-refractivity contribution in [2.24, 2.45) is 0 Å². The number of fused-ring (bicyclic) bond motifs is 2. The number of alkyl carbamates (subject to hydrolysis) is 1. The van der Waals surface area contributed by atoms with E-state index in [-0.39, 0.29) is 11.3 Å². The molecule has 42 heavy (non-hydrogen) atoms. The Morgan fingerprint density at radius 1 is 0.952 bits per heavy atom. The molecular formula is C32H33N3O6S. The summed E-state index contributed by atoms with van der Waals surface area (Å²) in [5.41, 5.74) is 3.33. The first-order valence-corrected chi connectivity index (χ1v) is 14.9. The zero-order chi connectivity index (χ0) is 30.2. The minimum absolute atomic E-state index is 0.173. The fourth-order valence-electron chi connectivity index (χ4n) is 4.92. The maximum absolute atomic E-state index is 13.4. The number of benzene rings is 3. The number of carbonyl (C=O) groups excluding carboxylic acids is 2. The second kappa shape index (κ2) is 11.0. The number of para-hydroxylation sites is 1. The zero-order valence-corrected chi connectivity index (χ0v) is 24.9. The number of methoxy groups -OCH3 is 1. The third-order valence-electron chi connectivity index (χ3n) is 6.89. The van der Waals surface area contributed by atoms with E-state index in [9.17, 15) is 18.0 Å². The largest absolute Gasteiger partial charge is 0.467 e. The van der Waals surface area contributed by atoms with Crippen LogP contribution in [0.5, 0.6) is 0 Å². The molecule has 0 aliphatic carbocycles. The third kappa shape index (κ3) is 5.75. The van der Waals surface area contributed by atoms with Crippen LogP contribution in [-0.2, 0) is 30.7 Å². The van der Waals surface area contributed by atoms with Crippen molar-refractivity contribution in [1.29, 1.82) is 0 Å². The van der Waals surface area contributed by atoms with Gasteiger partial charge in [0.1, 0.15) is 11.6 Å². The Labute approximate surface area is 244 Å². The summed E-state index contributed by atoms with van der Waals surface area (Å²) in [4.78, 5) is 25.3. The van der Waals surface area contributed by atoms with E-state index in [1.807, 2.05) is 54.1 Å². The third-order valence-corrected chi connectivity index (χ3v) is 8.59. The molecule has 0 spiro atoms. The molecule has 0 saturated heterocycles. The number of hydrogen-bond acceptors (Lipinski definition) is 6. The van der Waals surface area contributed by atoms with Crippen LogP contribution in [0.3, 0.4) is 0 Å². The molecule has 1 N–H and O–H groups in total. The summed E-state index contributed by atoms with van der Waals surface area (Å²) < 4.78 is 40.3. The van der Waals surface area contributed by atoms with E-state index in [0.717, 1.165) is 33.1 Å². The fraction of sp³-hybridized carbons (Fsp3) is 0.250. The molecule has 5 rings (SSSR count). The van der Waals surface area contributed by atoms with Gasteiger partial charge in [0.2, 0.25) is 0 Å². The summed E-state index contributed by atoms with van der Waals surface area (Å²) in [5.74, 6) is -0.588. The predicted molar refractivity (Wildman–Crippen MR) is 161 cm³/mol. The second-order valence-electron chi connectivity index (χ2n) is 11.1. The zero-order valence-electron chi connectivity index (χ0n) is 24.1. The van der Waals surface area contributed by atoms with E-state index in [2.05, 4.69) is 5.32 Å². The van der Waals surface area contributed by atoms with Crippen LogP contribution >= 0.6 is 0 Å². The molecule has 2 aromatic heterocycles. The van der Waals surface area contributed by atoms with Gasteiger partial charge in [0, 0.05) is 35.3 Å². The highest BCUT2D eigenvalue weighted by molar-refractivity contribution is 7.90. The Morgan fingerprint density at radius 3 is 2.36 bits per heavy atom. The SMILES string of the molecule is COC(=O)[C@H](Cc1cn(-c2ccc3c(ccn3S(=O)(=O)c3ccc(C)cc3)c2)c2ccccc12)NC(=O)OC(C)(C)C. The van der Waals surface area contributed by atoms with E-state index in [1.165, 1.54) is 11.1 Å². The van der Waals surface area contributed by atoms with E-state index in [0.29, 0.717) is 5.52 Å². The van der Waals surface area contributed by atoms with Gasteiger partial charge in [0.25, 0.3) is 10.0 Å². The molecule has 218 valence electrons. The lowest BCUT2D eigenvalue weighted by molar-refractivity contribution is -0.143. The summed E-state index contributed by atoms with van der Waals surface area (Å²) in [6.07, 6.45) is 2.94. The highest BCUT2D eigenvalue weighted by Gasteiger charge is 2.27. The number of aryl methyl sites for hydroxylation is 1. The van der Waals surface area contributed by atoms with E-state index < -0.39 is 33.7 Å². The minimum Gasteiger partial charge on any atom is -0.467 e. The summed E-state index contributed by atoms with van der Waals surface area (Å²) in [5, 5.41) is 4.29.